The minimum Gasteiger partial charge on any atom is -0.493 e. The van der Waals surface area contributed by atoms with E-state index in [1.807, 2.05) is 12.1 Å². The van der Waals surface area contributed by atoms with Crippen LogP contribution in [0.25, 0.3) is 0 Å². The van der Waals surface area contributed by atoms with Gasteiger partial charge in [-0.2, -0.15) is 10.2 Å². The third-order valence-electron chi connectivity index (χ3n) is 6.91. The number of amides is 2. The fourth-order valence-electron chi connectivity index (χ4n) is 4.38. The second kappa shape index (κ2) is 18.7. The zero-order chi connectivity index (χ0) is 34.8. The van der Waals surface area contributed by atoms with Gasteiger partial charge in [-0.15, -0.1) is 0 Å². The largest absolute Gasteiger partial charge is 0.493 e. The molecular formula is C37H36N4O8. The number of carbonyl (C=O) groups is 4. The number of hydrazone groups is 2. The first-order valence-corrected chi connectivity index (χ1v) is 15.4. The van der Waals surface area contributed by atoms with Gasteiger partial charge in [-0.25, -0.2) is 20.4 Å². The van der Waals surface area contributed by atoms with E-state index in [2.05, 4.69) is 21.1 Å². The highest BCUT2D eigenvalue weighted by molar-refractivity contribution is 5.92. The molecule has 0 aromatic heterocycles. The molecule has 0 saturated carbocycles. The van der Waals surface area contributed by atoms with E-state index in [9.17, 15) is 19.2 Å². The third-order valence-corrected chi connectivity index (χ3v) is 6.91. The summed E-state index contributed by atoms with van der Waals surface area (Å²) >= 11 is 0. The summed E-state index contributed by atoms with van der Waals surface area (Å²) in [6.07, 6.45) is 5.22. The smallest absolute Gasteiger partial charge is 0.343 e. The molecule has 12 heteroatoms. The summed E-state index contributed by atoms with van der Waals surface area (Å²) in [4.78, 5) is 49.1. The van der Waals surface area contributed by atoms with Crippen molar-refractivity contribution in [2.45, 2.75) is 32.1 Å². The summed E-state index contributed by atoms with van der Waals surface area (Å²) in [6, 6.07) is 27.0. The lowest BCUT2D eigenvalue weighted by atomic mass is 10.1. The summed E-state index contributed by atoms with van der Waals surface area (Å²) in [6.45, 7) is 0. The molecule has 0 atom stereocenters. The molecule has 0 spiro atoms. The molecule has 49 heavy (non-hydrogen) atoms. The Morgan fingerprint density at radius 1 is 0.551 bits per heavy atom. The summed E-state index contributed by atoms with van der Waals surface area (Å²) in [7, 11) is 2.92. The van der Waals surface area contributed by atoms with Gasteiger partial charge in [0.25, 0.3) is 0 Å². The van der Waals surface area contributed by atoms with Gasteiger partial charge in [0, 0.05) is 12.8 Å². The van der Waals surface area contributed by atoms with E-state index in [1.54, 1.807) is 84.9 Å². The Bertz CT molecular complexity index is 1660. The van der Waals surface area contributed by atoms with Crippen molar-refractivity contribution in [2.24, 2.45) is 10.2 Å². The van der Waals surface area contributed by atoms with Gasteiger partial charge in [-0.1, -0.05) is 42.8 Å². The molecule has 0 saturated heterocycles. The van der Waals surface area contributed by atoms with Crippen molar-refractivity contribution >= 4 is 36.2 Å². The second-order valence-corrected chi connectivity index (χ2v) is 10.5. The molecule has 2 amide bonds. The maximum absolute atomic E-state index is 12.4. The van der Waals surface area contributed by atoms with Crippen molar-refractivity contribution in [1.82, 2.24) is 10.9 Å². The van der Waals surface area contributed by atoms with Gasteiger partial charge in [0.1, 0.15) is 0 Å². The number of rotatable bonds is 16. The summed E-state index contributed by atoms with van der Waals surface area (Å²) < 4.78 is 21.6. The van der Waals surface area contributed by atoms with Crippen LogP contribution in [-0.2, 0) is 9.59 Å². The minimum absolute atomic E-state index is 0.243. The Labute approximate surface area is 283 Å². The zero-order valence-electron chi connectivity index (χ0n) is 27.1. The SMILES string of the molecule is COc1cc(C=NNC(=O)CCCCCC(=O)NN=Cc2ccc(OC(=O)c3ccccc3)c(OC)c2)ccc1OC(=O)c1ccccc1. The number of ether oxygens (including phenoxy) is 4. The molecular weight excluding hydrogens is 628 g/mol. The molecule has 2 N–H and O–H groups in total. The van der Waals surface area contributed by atoms with Crippen molar-refractivity contribution in [3.05, 3.63) is 119 Å². The lowest BCUT2D eigenvalue weighted by Gasteiger charge is -2.10. The standard InChI is InChI=1S/C37H36N4O8/c1-46-32-22-26(18-20-30(32)48-36(44)28-12-6-3-7-13-28)24-38-40-34(42)16-10-5-11-17-35(43)41-39-25-27-19-21-31(33(23-27)47-2)49-37(45)29-14-8-4-9-15-29/h3-4,6-9,12-15,18-25H,5,10-11,16-17H2,1-2H3,(H,40,42)(H,41,43). The number of nitrogens with one attached hydrogen (secondary N) is 2. The van der Waals surface area contributed by atoms with Gasteiger partial charge in [-0.3, -0.25) is 9.59 Å². The molecule has 4 aromatic rings. The first-order chi connectivity index (χ1) is 23.9. The van der Waals surface area contributed by atoms with E-state index in [4.69, 9.17) is 18.9 Å². The molecule has 0 heterocycles. The van der Waals surface area contributed by atoms with Crippen LogP contribution in [0.5, 0.6) is 23.0 Å². The van der Waals surface area contributed by atoms with E-state index in [0.717, 1.165) is 0 Å². The monoisotopic (exact) mass is 664 g/mol. The maximum atomic E-state index is 12.4. The van der Waals surface area contributed by atoms with E-state index in [1.165, 1.54) is 26.6 Å². The molecule has 0 aliphatic carbocycles. The van der Waals surface area contributed by atoms with Crippen LogP contribution < -0.4 is 29.8 Å². The van der Waals surface area contributed by atoms with Crippen LogP contribution in [-0.4, -0.2) is 50.4 Å². The highest BCUT2D eigenvalue weighted by Gasteiger charge is 2.14. The number of esters is 2. The fourth-order valence-corrected chi connectivity index (χ4v) is 4.38. The Morgan fingerprint density at radius 2 is 0.959 bits per heavy atom. The van der Waals surface area contributed by atoms with Crippen LogP contribution in [0.4, 0.5) is 0 Å². The van der Waals surface area contributed by atoms with Crippen molar-refractivity contribution in [2.75, 3.05) is 14.2 Å². The van der Waals surface area contributed by atoms with Gasteiger partial charge in [0.15, 0.2) is 23.0 Å². The average Bonchev–Trinajstić information content (AvgIpc) is 3.13. The predicted molar refractivity (Wildman–Crippen MR) is 183 cm³/mol. The first kappa shape index (κ1) is 35.6. The molecule has 252 valence electrons. The van der Waals surface area contributed by atoms with Gasteiger partial charge < -0.3 is 18.9 Å². The number of nitrogens with zero attached hydrogens (tertiary/aromatic N) is 2. The van der Waals surface area contributed by atoms with E-state index < -0.39 is 11.9 Å². The second-order valence-electron chi connectivity index (χ2n) is 10.5. The molecule has 0 fully saturated rings. The van der Waals surface area contributed by atoms with Crippen LogP contribution in [0.1, 0.15) is 63.9 Å². The van der Waals surface area contributed by atoms with E-state index in [0.29, 0.717) is 53.0 Å². The number of benzene rings is 4. The summed E-state index contributed by atoms with van der Waals surface area (Å²) in [5.74, 6) is -0.342. The Balaban J connectivity index is 1.12. The van der Waals surface area contributed by atoms with Gasteiger partial charge in [0.05, 0.1) is 37.8 Å². The van der Waals surface area contributed by atoms with Gasteiger partial charge in [-0.05, 0) is 84.6 Å². The third kappa shape index (κ3) is 11.5. The number of carbonyl (C=O) groups excluding carboxylic acids is 4. The van der Waals surface area contributed by atoms with Gasteiger partial charge in [0.2, 0.25) is 11.8 Å². The van der Waals surface area contributed by atoms with Crippen LogP contribution in [0.2, 0.25) is 0 Å². The van der Waals surface area contributed by atoms with E-state index in [-0.39, 0.29) is 36.2 Å². The maximum Gasteiger partial charge on any atom is 0.343 e. The number of methoxy groups -OCH3 is 2. The van der Waals surface area contributed by atoms with Crippen molar-refractivity contribution in [1.29, 1.82) is 0 Å². The molecule has 0 unspecified atom stereocenters. The predicted octanol–water partition coefficient (Wildman–Crippen LogP) is 5.69. The van der Waals surface area contributed by atoms with E-state index >= 15 is 0 Å². The number of hydrogen-bond donors (Lipinski definition) is 2. The zero-order valence-corrected chi connectivity index (χ0v) is 27.1. The molecule has 4 aromatic carbocycles. The van der Waals surface area contributed by atoms with Crippen LogP contribution in [0.15, 0.2) is 107 Å². The topological polar surface area (TPSA) is 154 Å². The normalized spacial score (nSPS) is 10.8. The van der Waals surface area contributed by atoms with Crippen molar-refractivity contribution in [3.63, 3.8) is 0 Å². The highest BCUT2D eigenvalue weighted by Crippen LogP contribution is 2.29. The number of unbranched alkanes of at least 4 members (excludes halogenated alkanes) is 2. The fraction of sp³-hybridized carbons (Fsp3) is 0.189. The summed E-state index contributed by atoms with van der Waals surface area (Å²) in [5, 5.41) is 7.97. The first-order valence-electron chi connectivity index (χ1n) is 15.4. The molecule has 0 radical (unpaired) electrons. The molecule has 0 aliphatic heterocycles. The van der Waals surface area contributed by atoms with Gasteiger partial charge >= 0.3 is 11.9 Å². The van der Waals surface area contributed by atoms with Crippen molar-refractivity contribution < 1.29 is 38.1 Å². The summed E-state index contributed by atoms with van der Waals surface area (Å²) in [5.41, 5.74) is 7.05. The quantitative estimate of drug-likeness (QED) is 0.0509. The Morgan fingerprint density at radius 3 is 1.35 bits per heavy atom. The van der Waals surface area contributed by atoms with Crippen molar-refractivity contribution in [3.8, 4) is 23.0 Å². The lowest BCUT2D eigenvalue weighted by Crippen LogP contribution is -2.18. The molecule has 4 rings (SSSR count). The molecule has 0 bridgehead atoms. The average molecular weight is 665 g/mol. The Hall–Kier alpha value is -6.30. The lowest BCUT2D eigenvalue weighted by molar-refractivity contribution is -0.121. The molecule has 0 aliphatic rings. The van der Waals surface area contributed by atoms with Crippen LogP contribution in [0.3, 0.4) is 0 Å². The number of hydrogen-bond acceptors (Lipinski definition) is 10. The highest BCUT2D eigenvalue weighted by atomic mass is 16.6. The molecule has 12 nitrogen and oxygen atoms in total. The van der Waals surface area contributed by atoms with Crippen LogP contribution in [0, 0.1) is 0 Å². The Kier molecular flexibility index (Phi) is 13.6. The minimum atomic E-state index is -0.507. The van der Waals surface area contributed by atoms with Crippen LogP contribution >= 0.6 is 0 Å².